The van der Waals surface area contributed by atoms with Crippen molar-refractivity contribution < 1.29 is 0 Å². The summed E-state index contributed by atoms with van der Waals surface area (Å²) in [6, 6.07) is 84.4. The van der Waals surface area contributed by atoms with Gasteiger partial charge in [-0.3, -0.25) is 0 Å². The van der Waals surface area contributed by atoms with Gasteiger partial charge in [-0.25, -0.2) is 0 Å². The Labute approximate surface area is 368 Å². The first-order chi connectivity index (χ1) is 31.8. The molecule has 0 bridgehead atoms. The maximum Gasteiger partial charge on any atom is 0.0641 e. The summed E-state index contributed by atoms with van der Waals surface area (Å²) in [5.74, 6) is 0. The van der Waals surface area contributed by atoms with Gasteiger partial charge in [0.25, 0.3) is 0 Å². The molecule has 0 spiro atoms. The summed E-state index contributed by atoms with van der Waals surface area (Å²) in [5.41, 5.74) is 16.5. The van der Waals surface area contributed by atoms with Gasteiger partial charge in [-0.05, 0) is 108 Å². The Balaban J connectivity index is 1.12. The summed E-state index contributed by atoms with van der Waals surface area (Å²) in [6.45, 7) is 0. The van der Waals surface area contributed by atoms with Crippen LogP contribution in [0.15, 0.2) is 231 Å². The van der Waals surface area contributed by atoms with Crippen molar-refractivity contribution in [3.05, 3.63) is 231 Å². The number of hydrogen-bond acceptors (Lipinski definition) is 0. The first kappa shape index (κ1) is 35.0. The van der Waals surface area contributed by atoms with Gasteiger partial charge < -0.3 is 18.3 Å². The molecule has 64 heavy (non-hydrogen) atoms. The number of hydrogen-bond donors (Lipinski definition) is 0. The van der Waals surface area contributed by atoms with Gasteiger partial charge in [0, 0.05) is 65.8 Å². The molecule has 0 N–H and O–H groups in total. The van der Waals surface area contributed by atoms with Gasteiger partial charge in [-0.1, -0.05) is 133 Å². The molecule has 0 aliphatic rings. The molecule has 4 heteroatoms. The van der Waals surface area contributed by atoms with Gasteiger partial charge in [-0.2, -0.15) is 0 Å². The van der Waals surface area contributed by atoms with Gasteiger partial charge in [0.05, 0.1) is 44.1 Å². The fourth-order valence-electron chi connectivity index (χ4n) is 10.9. The van der Waals surface area contributed by atoms with Crippen LogP contribution in [0, 0.1) is 0 Å². The van der Waals surface area contributed by atoms with Crippen molar-refractivity contribution in [3.8, 4) is 33.9 Å². The van der Waals surface area contributed by atoms with Crippen LogP contribution in [0.4, 0.5) is 0 Å². The van der Waals surface area contributed by atoms with E-state index in [9.17, 15) is 0 Å². The van der Waals surface area contributed by atoms with Crippen molar-refractivity contribution in [2.45, 2.75) is 0 Å². The SMILES string of the molecule is c1ccc(-n2c3ccccc3c3cc(-c4ccc5c(c4)c4c(ccc6c7ccc8c(c9ccccc9n8-c8ccccc8)c7n(-c7ccccc7)c64)n5-c4ccccc4)ccc32)cc1. The molecule has 0 radical (unpaired) electrons. The lowest BCUT2D eigenvalue weighted by Crippen LogP contribution is -1.96. The van der Waals surface area contributed by atoms with Crippen LogP contribution < -0.4 is 0 Å². The minimum atomic E-state index is 1.14. The molecule has 0 fully saturated rings. The predicted molar refractivity (Wildman–Crippen MR) is 269 cm³/mol. The zero-order valence-corrected chi connectivity index (χ0v) is 34.7. The average molecular weight is 815 g/mol. The third kappa shape index (κ3) is 4.88. The highest BCUT2D eigenvalue weighted by molar-refractivity contribution is 6.32. The lowest BCUT2D eigenvalue weighted by molar-refractivity contribution is 1.17. The smallest absolute Gasteiger partial charge is 0.0641 e. The molecule has 0 aliphatic carbocycles. The molecule has 0 amide bonds. The van der Waals surface area contributed by atoms with E-state index in [-0.39, 0.29) is 0 Å². The monoisotopic (exact) mass is 814 g/mol. The van der Waals surface area contributed by atoms with E-state index in [2.05, 4.69) is 249 Å². The Morgan fingerprint density at radius 2 is 0.547 bits per heavy atom. The molecule has 0 atom stereocenters. The highest BCUT2D eigenvalue weighted by atomic mass is 15.0. The molecule has 4 heterocycles. The van der Waals surface area contributed by atoms with E-state index >= 15 is 0 Å². The summed E-state index contributed by atoms with van der Waals surface area (Å²) in [6.07, 6.45) is 0. The molecule has 4 aromatic heterocycles. The van der Waals surface area contributed by atoms with Crippen molar-refractivity contribution in [1.82, 2.24) is 18.3 Å². The minimum absolute atomic E-state index is 1.14. The van der Waals surface area contributed by atoms with E-state index in [0.717, 1.165) is 22.7 Å². The molecule has 0 saturated heterocycles. The highest BCUT2D eigenvalue weighted by Crippen LogP contribution is 2.47. The van der Waals surface area contributed by atoms with Crippen LogP contribution in [0.5, 0.6) is 0 Å². The van der Waals surface area contributed by atoms with Crippen LogP contribution in [-0.2, 0) is 0 Å². The van der Waals surface area contributed by atoms with Gasteiger partial charge >= 0.3 is 0 Å². The van der Waals surface area contributed by atoms with E-state index in [1.54, 1.807) is 0 Å². The third-order valence-corrected chi connectivity index (χ3v) is 13.5. The van der Waals surface area contributed by atoms with Crippen molar-refractivity contribution in [2.24, 2.45) is 0 Å². The fraction of sp³-hybridized carbons (Fsp3) is 0. The van der Waals surface area contributed by atoms with Crippen LogP contribution in [-0.4, -0.2) is 18.3 Å². The first-order valence-electron chi connectivity index (χ1n) is 22.0. The summed E-state index contributed by atoms with van der Waals surface area (Å²) in [5, 5.41) is 9.91. The summed E-state index contributed by atoms with van der Waals surface area (Å²) >= 11 is 0. The molecule has 298 valence electrons. The second-order valence-electron chi connectivity index (χ2n) is 16.9. The average Bonchev–Trinajstić information content (AvgIpc) is 4.09. The number of benzene rings is 10. The predicted octanol–water partition coefficient (Wildman–Crippen LogP) is 15.7. The lowest BCUT2D eigenvalue weighted by atomic mass is 10.00. The third-order valence-electron chi connectivity index (χ3n) is 13.5. The Hall–Kier alpha value is -8.60. The van der Waals surface area contributed by atoms with E-state index < -0.39 is 0 Å². The Kier molecular flexibility index (Phi) is 7.36. The molecule has 0 unspecified atom stereocenters. The molecule has 0 aliphatic heterocycles. The molecular formula is C60H38N4. The first-order valence-corrected chi connectivity index (χ1v) is 22.0. The fourth-order valence-corrected chi connectivity index (χ4v) is 10.9. The van der Waals surface area contributed by atoms with Gasteiger partial charge in [0.15, 0.2) is 0 Å². The normalized spacial score (nSPS) is 12.1. The zero-order valence-electron chi connectivity index (χ0n) is 34.7. The molecule has 4 nitrogen and oxygen atoms in total. The van der Waals surface area contributed by atoms with Crippen LogP contribution in [0.1, 0.15) is 0 Å². The maximum atomic E-state index is 2.56. The topological polar surface area (TPSA) is 19.7 Å². The number of rotatable bonds is 5. The zero-order chi connectivity index (χ0) is 41.9. The Morgan fingerprint density at radius 1 is 0.203 bits per heavy atom. The lowest BCUT2D eigenvalue weighted by Gasteiger charge is -2.11. The Bertz CT molecular complexity index is 4150. The van der Waals surface area contributed by atoms with Crippen molar-refractivity contribution >= 4 is 87.2 Å². The molecule has 14 aromatic rings. The van der Waals surface area contributed by atoms with Crippen LogP contribution >= 0.6 is 0 Å². The second kappa shape index (κ2) is 13.4. The van der Waals surface area contributed by atoms with Crippen molar-refractivity contribution in [1.29, 1.82) is 0 Å². The number of para-hydroxylation sites is 6. The van der Waals surface area contributed by atoms with Gasteiger partial charge in [-0.15, -0.1) is 0 Å². The summed E-state index contributed by atoms with van der Waals surface area (Å²) in [7, 11) is 0. The molecular weight excluding hydrogens is 777 g/mol. The van der Waals surface area contributed by atoms with Crippen molar-refractivity contribution in [2.75, 3.05) is 0 Å². The number of nitrogens with zero attached hydrogens (tertiary/aromatic N) is 4. The van der Waals surface area contributed by atoms with Gasteiger partial charge in [0.2, 0.25) is 0 Å². The van der Waals surface area contributed by atoms with E-state index in [1.165, 1.54) is 98.4 Å². The Morgan fingerprint density at radius 3 is 1.06 bits per heavy atom. The highest BCUT2D eigenvalue weighted by Gasteiger charge is 2.25. The second-order valence-corrected chi connectivity index (χ2v) is 16.9. The van der Waals surface area contributed by atoms with Crippen LogP contribution in [0.25, 0.3) is 121 Å². The molecule has 0 saturated carbocycles. The summed E-state index contributed by atoms with van der Waals surface area (Å²) in [4.78, 5) is 0. The standard InChI is InChI=1S/C60H38N4/c1-5-17-41(18-6-1)61-51-27-15-13-25-45(51)49-37-39(29-33-53(49)61)40-30-34-54-50(38-40)58-56(63(54)43-21-9-3-10-22-43)36-32-47-46-31-35-55-57(59(46)64(60(47)58)44-23-11-4-12-24-44)48-26-14-16-28-52(48)62(55)42-19-7-2-8-20-42/h1-38H. The van der Waals surface area contributed by atoms with Crippen LogP contribution in [0.3, 0.4) is 0 Å². The summed E-state index contributed by atoms with van der Waals surface area (Å²) < 4.78 is 9.82. The van der Waals surface area contributed by atoms with Crippen molar-refractivity contribution in [3.63, 3.8) is 0 Å². The quantitative estimate of drug-likeness (QED) is 0.165. The van der Waals surface area contributed by atoms with Gasteiger partial charge in [0.1, 0.15) is 0 Å². The van der Waals surface area contributed by atoms with E-state index in [0.29, 0.717) is 0 Å². The van der Waals surface area contributed by atoms with E-state index in [1.807, 2.05) is 0 Å². The number of aromatic nitrogens is 4. The largest absolute Gasteiger partial charge is 0.309 e. The molecule has 14 rings (SSSR count). The maximum absolute atomic E-state index is 2.56. The van der Waals surface area contributed by atoms with E-state index in [4.69, 9.17) is 0 Å². The minimum Gasteiger partial charge on any atom is -0.309 e. The molecule has 10 aromatic carbocycles. The van der Waals surface area contributed by atoms with Crippen LogP contribution in [0.2, 0.25) is 0 Å². The number of fused-ring (bicyclic) bond motifs is 14.